The van der Waals surface area contributed by atoms with Gasteiger partial charge in [-0.25, -0.2) is 4.79 Å². The molecule has 5 aromatic rings. The topological polar surface area (TPSA) is 55.7 Å². The van der Waals surface area contributed by atoms with Gasteiger partial charge >= 0.3 is 5.63 Å². The second kappa shape index (κ2) is 6.20. The summed E-state index contributed by atoms with van der Waals surface area (Å²) in [6.07, 6.45) is 1.73. The Balaban J connectivity index is 1.74. The van der Waals surface area contributed by atoms with Crippen LogP contribution in [0.2, 0.25) is 0 Å². The number of furan rings is 1. The highest BCUT2D eigenvalue weighted by Gasteiger charge is 2.12. The Morgan fingerprint density at radius 2 is 1.61 bits per heavy atom. The summed E-state index contributed by atoms with van der Waals surface area (Å²) in [5, 5.41) is 2.84. The van der Waals surface area contributed by atoms with Gasteiger partial charge in [0.15, 0.2) is 0 Å². The Labute approximate surface area is 160 Å². The first kappa shape index (κ1) is 16.5. The van der Waals surface area contributed by atoms with E-state index in [9.17, 15) is 4.79 Å². The van der Waals surface area contributed by atoms with Crippen molar-refractivity contribution in [3.05, 3.63) is 87.8 Å². The van der Waals surface area contributed by atoms with Crippen molar-refractivity contribution in [1.82, 2.24) is 0 Å². The molecule has 0 unspecified atom stereocenters. The third-order valence-electron chi connectivity index (χ3n) is 4.97. The van der Waals surface area contributed by atoms with Crippen LogP contribution in [0.3, 0.4) is 0 Å². The van der Waals surface area contributed by atoms with Crippen molar-refractivity contribution in [1.29, 1.82) is 0 Å². The van der Waals surface area contributed by atoms with E-state index in [1.807, 2.05) is 49.4 Å². The Morgan fingerprint density at radius 3 is 2.46 bits per heavy atom. The van der Waals surface area contributed by atoms with E-state index in [1.54, 1.807) is 12.3 Å². The van der Waals surface area contributed by atoms with Crippen molar-refractivity contribution in [2.45, 2.75) is 13.8 Å². The lowest BCUT2D eigenvalue weighted by atomic mass is 10.1. The number of hydrogen-bond donors (Lipinski definition) is 0. The molecule has 0 atom stereocenters. The van der Waals surface area contributed by atoms with Crippen molar-refractivity contribution < 1.29 is 8.83 Å². The minimum Gasteiger partial charge on any atom is -0.456 e. The number of benzene rings is 3. The third kappa shape index (κ3) is 2.70. The van der Waals surface area contributed by atoms with Gasteiger partial charge in [-0.05, 0) is 37.6 Å². The van der Waals surface area contributed by atoms with E-state index in [2.05, 4.69) is 18.0 Å². The number of rotatable bonds is 2. The Kier molecular flexibility index (Phi) is 3.66. The lowest BCUT2D eigenvalue weighted by Crippen LogP contribution is -2.00. The second-order valence-electron chi connectivity index (χ2n) is 7.01. The lowest BCUT2D eigenvalue weighted by molar-refractivity contribution is 0.560. The van der Waals surface area contributed by atoms with E-state index in [0.29, 0.717) is 11.2 Å². The van der Waals surface area contributed by atoms with Gasteiger partial charge in [0.05, 0.1) is 5.69 Å². The van der Waals surface area contributed by atoms with E-state index in [-0.39, 0.29) is 0 Å². The summed E-state index contributed by atoms with van der Waals surface area (Å²) in [7, 11) is 0. The molecule has 2 aromatic heterocycles. The van der Waals surface area contributed by atoms with Gasteiger partial charge < -0.3 is 8.83 Å². The molecule has 0 saturated heterocycles. The molecule has 0 radical (unpaired) electrons. The van der Waals surface area contributed by atoms with Gasteiger partial charge in [-0.1, -0.05) is 35.9 Å². The van der Waals surface area contributed by atoms with Crippen molar-refractivity contribution in [3.63, 3.8) is 0 Å². The number of aliphatic imine (C=N–C) groups is 1. The van der Waals surface area contributed by atoms with Crippen LogP contribution in [0.1, 0.15) is 16.7 Å². The first-order valence-corrected chi connectivity index (χ1v) is 9.09. The number of fused-ring (bicyclic) bond motifs is 4. The zero-order valence-corrected chi connectivity index (χ0v) is 15.5. The van der Waals surface area contributed by atoms with Crippen molar-refractivity contribution in [2.75, 3.05) is 0 Å². The van der Waals surface area contributed by atoms with Gasteiger partial charge in [0.2, 0.25) is 0 Å². The minimum absolute atomic E-state index is 0.412. The predicted octanol–water partition coefficient (Wildman–Crippen LogP) is 6.06. The average molecular weight is 367 g/mol. The molecule has 0 spiro atoms. The molecule has 4 nitrogen and oxygen atoms in total. The van der Waals surface area contributed by atoms with Gasteiger partial charge in [0, 0.05) is 40.1 Å². The van der Waals surface area contributed by atoms with E-state index >= 15 is 0 Å². The van der Waals surface area contributed by atoms with Gasteiger partial charge in [-0.2, -0.15) is 0 Å². The zero-order valence-electron chi connectivity index (χ0n) is 15.5. The summed E-state index contributed by atoms with van der Waals surface area (Å²) in [5.74, 6) is 0. The largest absolute Gasteiger partial charge is 0.456 e. The molecule has 28 heavy (non-hydrogen) atoms. The SMILES string of the molecule is Cc1ccc(N=Cc2cc(=O)oc3cc4oc5ccccc5c4cc23)c(C)c1. The molecule has 4 heteroatoms. The summed E-state index contributed by atoms with van der Waals surface area (Å²) in [4.78, 5) is 16.7. The molecule has 2 heterocycles. The summed E-state index contributed by atoms with van der Waals surface area (Å²) in [5.41, 5.74) is 5.45. The second-order valence-corrected chi connectivity index (χ2v) is 7.01. The highest BCUT2D eigenvalue weighted by Crippen LogP contribution is 2.32. The van der Waals surface area contributed by atoms with Crippen molar-refractivity contribution in [2.24, 2.45) is 4.99 Å². The summed E-state index contributed by atoms with van der Waals surface area (Å²) in [6.45, 7) is 4.08. The minimum atomic E-state index is -0.412. The number of hydrogen-bond acceptors (Lipinski definition) is 4. The van der Waals surface area contributed by atoms with E-state index < -0.39 is 5.63 Å². The molecule has 0 aliphatic rings. The Bertz CT molecular complexity index is 1450. The van der Waals surface area contributed by atoms with E-state index in [0.717, 1.165) is 38.6 Å². The van der Waals surface area contributed by atoms with E-state index in [1.165, 1.54) is 11.6 Å². The lowest BCUT2D eigenvalue weighted by Gasteiger charge is -2.03. The zero-order chi connectivity index (χ0) is 19.3. The fourth-order valence-corrected chi connectivity index (χ4v) is 3.60. The van der Waals surface area contributed by atoms with Crippen LogP contribution < -0.4 is 5.63 Å². The molecule has 0 fully saturated rings. The molecular weight excluding hydrogens is 350 g/mol. The standard InChI is InChI=1S/C24H17NO3/c1-14-7-8-20(15(2)9-14)25-13-16-10-24(26)28-22-12-23-19(11-18(16)22)17-5-3-4-6-21(17)27-23/h3-13H,1-2H3. The molecule has 136 valence electrons. The van der Waals surface area contributed by atoms with Gasteiger partial charge in [0.25, 0.3) is 0 Å². The molecule has 0 aliphatic heterocycles. The highest BCUT2D eigenvalue weighted by molar-refractivity contribution is 6.11. The molecule has 0 saturated carbocycles. The van der Waals surface area contributed by atoms with Crippen LogP contribution >= 0.6 is 0 Å². The molecule has 0 N–H and O–H groups in total. The van der Waals surface area contributed by atoms with Crippen LogP contribution in [0.25, 0.3) is 32.9 Å². The smallest absolute Gasteiger partial charge is 0.336 e. The monoisotopic (exact) mass is 367 g/mol. The molecule has 0 amide bonds. The average Bonchev–Trinajstić information content (AvgIpc) is 3.03. The molecule has 0 aliphatic carbocycles. The normalized spacial score (nSPS) is 11.9. The number of para-hydroxylation sites is 1. The Hall–Kier alpha value is -3.66. The Morgan fingerprint density at radius 1 is 0.786 bits per heavy atom. The summed E-state index contributed by atoms with van der Waals surface area (Å²) in [6, 6.07) is 19.2. The molecule has 0 bridgehead atoms. The maximum Gasteiger partial charge on any atom is 0.336 e. The van der Waals surface area contributed by atoms with Gasteiger partial charge in [0.1, 0.15) is 16.7 Å². The first-order valence-electron chi connectivity index (χ1n) is 9.09. The number of nitrogens with zero attached hydrogens (tertiary/aromatic N) is 1. The third-order valence-corrected chi connectivity index (χ3v) is 4.97. The van der Waals surface area contributed by atoms with Crippen LogP contribution in [-0.2, 0) is 0 Å². The van der Waals surface area contributed by atoms with Crippen molar-refractivity contribution >= 4 is 44.8 Å². The van der Waals surface area contributed by atoms with Crippen LogP contribution in [0.15, 0.2) is 79.3 Å². The summed E-state index contributed by atoms with van der Waals surface area (Å²) >= 11 is 0. The molecule has 5 rings (SSSR count). The number of aryl methyl sites for hydroxylation is 2. The van der Waals surface area contributed by atoms with Crippen LogP contribution in [0, 0.1) is 13.8 Å². The van der Waals surface area contributed by atoms with Gasteiger partial charge in [-0.15, -0.1) is 0 Å². The highest BCUT2D eigenvalue weighted by atomic mass is 16.4. The van der Waals surface area contributed by atoms with Crippen LogP contribution in [0.4, 0.5) is 5.69 Å². The van der Waals surface area contributed by atoms with Gasteiger partial charge in [-0.3, -0.25) is 4.99 Å². The fourth-order valence-electron chi connectivity index (χ4n) is 3.60. The van der Waals surface area contributed by atoms with Crippen LogP contribution in [-0.4, -0.2) is 6.21 Å². The maximum atomic E-state index is 12.1. The summed E-state index contributed by atoms with van der Waals surface area (Å²) < 4.78 is 11.3. The van der Waals surface area contributed by atoms with Crippen molar-refractivity contribution in [3.8, 4) is 0 Å². The predicted molar refractivity (Wildman–Crippen MR) is 113 cm³/mol. The quantitative estimate of drug-likeness (QED) is 0.281. The fraction of sp³-hybridized carbons (Fsp3) is 0.0833. The van der Waals surface area contributed by atoms with E-state index in [4.69, 9.17) is 8.83 Å². The first-order chi connectivity index (χ1) is 13.6. The molecule has 3 aromatic carbocycles. The van der Waals surface area contributed by atoms with Crippen LogP contribution in [0.5, 0.6) is 0 Å². The molecular formula is C24H17NO3. The maximum absolute atomic E-state index is 12.1.